The first-order valence-corrected chi connectivity index (χ1v) is 7.32. The fourth-order valence-corrected chi connectivity index (χ4v) is 2.31. The SMILES string of the molecule is CCOC(=O)C(C)Nc1c(C(=O)C(F)(F)F)ccc2ccccc12. The van der Waals surface area contributed by atoms with E-state index in [9.17, 15) is 22.8 Å². The Hall–Kier alpha value is -2.57. The highest BCUT2D eigenvalue weighted by Gasteiger charge is 2.41. The molecule has 0 aliphatic heterocycles. The molecule has 2 aromatic rings. The van der Waals surface area contributed by atoms with Crippen molar-refractivity contribution in [3.63, 3.8) is 0 Å². The Morgan fingerprint density at radius 2 is 1.83 bits per heavy atom. The van der Waals surface area contributed by atoms with Crippen molar-refractivity contribution < 1.29 is 27.5 Å². The van der Waals surface area contributed by atoms with Crippen molar-refractivity contribution in [2.75, 3.05) is 11.9 Å². The number of anilines is 1. The molecule has 2 aromatic carbocycles. The minimum Gasteiger partial charge on any atom is -0.464 e. The summed E-state index contributed by atoms with van der Waals surface area (Å²) >= 11 is 0. The summed E-state index contributed by atoms with van der Waals surface area (Å²) in [6.07, 6.45) is -5.01. The maximum absolute atomic E-state index is 12.9. The zero-order chi connectivity index (χ0) is 17.9. The Bertz CT molecular complexity index is 771. The Kier molecular flexibility index (Phi) is 5.11. The van der Waals surface area contributed by atoms with Crippen LogP contribution in [0.5, 0.6) is 0 Å². The number of benzene rings is 2. The van der Waals surface area contributed by atoms with E-state index < -0.39 is 29.5 Å². The molecule has 0 heterocycles. The number of Topliss-reactive ketones (excluding diaryl/α,β-unsaturated/α-hetero) is 1. The number of rotatable bonds is 5. The minimum atomic E-state index is -5.01. The molecule has 0 aromatic heterocycles. The normalized spacial score (nSPS) is 12.7. The molecule has 0 saturated carbocycles. The van der Waals surface area contributed by atoms with E-state index in [1.54, 1.807) is 31.2 Å². The van der Waals surface area contributed by atoms with Crippen molar-refractivity contribution in [2.24, 2.45) is 0 Å². The van der Waals surface area contributed by atoms with Crippen LogP contribution in [0.2, 0.25) is 0 Å². The van der Waals surface area contributed by atoms with Gasteiger partial charge in [-0.25, -0.2) is 4.79 Å². The Balaban J connectivity index is 2.55. The average molecular weight is 339 g/mol. The number of fused-ring (bicyclic) bond motifs is 1. The lowest BCUT2D eigenvalue weighted by atomic mass is 10.00. The van der Waals surface area contributed by atoms with Gasteiger partial charge < -0.3 is 10.1 Å². The van der Waals surface area contributed by atoms with E-state index in [-0.39, 0.29) is 12.3 Å². The molecule has 1 N–H and O–H groups in total. The Labute approximate surface area is 136 Å². The smallest absolute Gasteiger partial charge is 0.454 e. The summed E-state index contributed by atoms with van der Waals surface area (Å²) in [4.78, 5) is 23.5. The third-order valence-electron chi connectivity index (χ3n) is 3.43. The molecule has 4 nitrogen and oxygen atoms in total. The summed E-state index contributed by atoms with van der Waals surface area (Å²) in [5.74, 6) is -2.58. The molecule has 128 valence electrons. The van der Waals surface area contributed by atoms with E-state index in [0.717, 1.165) is 6.07 Å². The molecular formula is C17H16F3NO3. The van der Waals surface area contributed by atoms with Gasteiger partial charge in [0.2, 0.25) is 0 Å². The van der Waals surface area contributed by atoms with Crippen molar-refractivity contribution in [2.45, 2.75) is 26.1 Å². The van der Waals surface area contributed by atoms with Gasteiger partial charge in [-0.05, 0) is 25.3 Å². The van der Waals surface area contributed by atoms with Gasteiger partial charge in [0.25, 0.3) is 5.78 Å². The van der Waals surface area contributed by atoms with E-state index in [1.807, 2.05) is 0 Å². The van der Waals surface area contributed by atoms with E-state index in [0.29, 0.717) is 10.8 Å². The highest BCUT2D eigenvalue weighted by molar-refractivity contribution is 6.11. The molecule has 7 heteroatoms. The maximum atomic E-state index is 12.9. The van der Waals surface area contributed by atoms with Crippen LogP contribution in [-0.2, 0) is 9.53 Å². The predicted molar refractivity (Wildman–Crippen MR) is 84.1 cm³/mol. The summed E-state index contributed by atoms with van der Waals surface area (Å²) in [5.41, 5.74) is -0.562. The molecule has 0 saturated heterocycles. The van der Waals surface area contributed by atoms with Gasteiger partial charge in [-0.3, -0.25) is 4.79 Å². The summed E-state index contributed by atoms with van der Waals surface area (Å²) in [5, 5.41) is 3.76. The monoisotopic (exact) mass is 339 g/mol. The lowest BCUT2D eigenvalue weighted by Crippen LogP contribution is -2.30. The van der Waals surface area contributed by atoms with E-state index >= 15 is 0 Å². The zero-order valence-electron chi connectivity index (χ0n) is 13.1. The highest BCUT2D eigenvalue weighted by atomic mass is 19.4. The van der Waals surface area contributed by atoms with Crippen LogP contribution < -0.4 is 5.32 Å². The Morgan fingerprint density at radius 3 is 2.46 bits per heavy atom. The number of nitrogens with one attached hydrogen (secondary N) is 1. The fraction of sp³-hybridized carbons (Fsp3) is 0.294. The number of carbonyl (C=O) groups is 2. The van der Waals surface area contributed by atoms with E-state index in [4.69, 9.17) is 4.74 Å². The van der Waals surface area contributed by atoms with Crippen molar-refractivity contribution in [3.05, 3.63) is 42.0 Å². The minimum absolute atomic E-state index is 0.0315. The third kappa shape index (κ3) is 3.67. The quantitative estimate of drug-likeness (QED) is 0.662. The van der Waals surface area contributed by atoms with Gasteiger partial charge in [-0.15, -0.1) is 0 Å². The molecule has 0 amide bonds. The zero-order valence-corrected chi connectivity index (χ0v) is 13.1. The number of ether oxygens (including phenoxy) is 1. The van der Waals surface area contributed by atoms with Crippen LogP contribution in [0.3, 0.4) is 0 Å². The Morgan fingerprint density at radius 1 is 1.17 bits per heavy atom. The first kappa shape index (κ1) is 17.8. The van der Waals surface area contributed by atoms with Gasteiger partial charge in [0.15, 0.2) is 0 Å². The second kappa shape index (κ2) is 6.90. The number of halogens is 3. The van der Waals surface area contributed by atoms with Crippen LogP contribution in [0.25, 0.3) is 10.8 Å². The van der Waals surface area contributed by atoms with Gasteiger partial charge in [0.05, 0.1) is 17.9 Å². The van der Waals surface area contributed by atoms with E-state index in [2.05, 4.69) is 5.32 Å². The second-order valence-corrected chi connectivity index (χ2v) is 5.15. The molecule has 0 bridgehead atoms. The highest BCUT2D eigenvalue weighted by Crippen LogP contribution is 2.32. The lowest BCUT2D eigenvalue weighted by Gasteiger charge is -2.19. The molecule has 0 spiro atoms. The first-order chi connectivity index (χ1) is 11.3. The molecule has 0 aliphatic rings. The maximum Gasteiger partial charge on any atom is 0.454 e. The topological polar surface area (TPSA) is 55.4 Å². The van der Waals surface area contributed by atoms with Crippen LogP contribution in [0.1, 0.15) is 24.2 Å². The van der Waals surface area contributed by atoms with Gasteiger partial charge in [-0.2, -0.15) is 13.2 Å². The van der Waals surface area contributed by atoms with Crippen molar-refractivity contribution in [3.8, 4) is 0 Å². The molecule has 24 heavy (non-hydrogen) atoms. The first-order valence-electron chi connectivity index (χ1n) is 7.32. The number of alkyl halides is 3. The number of hydrogen-bond donors (Lipinski definition) is 1. The van der Waals surface area contributed by atoms with Crippen LogP contribution in [0, 0.1) is 0 Å². The predicted octanol–water partition coefficient (Wildman–Crippen LogP) is 3.95. The molecule has 0 fully saturated rings. The summed E-state index contributed by atoms with van der Waals surface area (Å²) in [6.45, 7) is 3.23. The van der Waals surface area contributed by atoms with Crippen LogP contribution in [0.4, 0.5) is 18.9 Å². The van der Waals surface area contributed by atoms with Crippen molar-refractivity contribution >= 4 is 28.2 Å². The number of ketones is 1. The second-order valence-electron chi connectivity index (χ2n) is 5.15. The summed E-state index contributed by atoms with van der Waals surface area (Å²) in [6, 6.07) is 8.30. The van der Waals surface area contributed by atoms with Gasteiger partial charge in [0, 0.05) is 5.39 Å². The molecule has 2 rings (SSSR count). The fourth-order valence-electron chi connectivity index (χ4n) is 2.31. The average Bonchev–Trinajstić information content (AvgIpc) is 2.53. The van der Waals surface area contributed by atoms with Crippen molar-refractivity contribution in [1.29, 1.82) is 0 Å². The standard InChI is InChI=1S/C17H16F3NO3/c1-3-24-16(23)10(2)21-14-12-7-5-4-6-11(12)8-9-13(14)15(22)17(18,19)20/h4-10,21H,3H2,1-2H3. The molecule has 0 radical (unpaired) electrons. The van der Waals surface area contributed by atoms with Crippen LogP contribution in [-0.4, -0.2) is 30.6 Å². The molecule has 0 aliphatic carbocycles. The van der Waals surface area contributed by atoms with Gasteiger partial charge >= 0.3 is 12.1 Å². The molecule has 1 atom stereocenters. The largest absolute Gasteiger partial charge is 0.464 e. The van der Waals surface area contributed by atoms with Gasteiger partial charge in [0.1, 0.15) is 6.04 Å². The van der Waals surface area contributed by atoms with Crippen LogP contribution >= 0.6 is 0 Å². The number of hydrogen-bond acceptors (Lipinski definition) is 4. The molecule has 1 unspecified atom stereocenters. The summed E-state index contributed by atoms with van der Waals surface area (Å²) < 4.78 is 43.4. The van der Waals surface area contributed by atoms with Crippen molar-refractivity contribution in [1.82, 2.24) is 0 Å². The van der Waals surface area contributed by atoms with Crippen LogP contribution in [0.15, 0.2) is 36.4 Å². The van der Waals surface area contributed by atoms with Gasteiger partial charge in [-0.1, -0.05) is 30.3 Å². The lowest BCUT2D eigenvalue weighted by molar-refractivity contribution is -0.143. The van der Waals surface area contributed by atoms with E-state index in [1.165, 1.54) is 13.0 Å². The molecular weight excluding hydrogens is 323 g/mol. The number of esters is 1. The summed E-state index contributed by atoms with van der Waals surface area (Å²) in [7, 11) is 0. The number of carbonyl (C=O) groups excluding carboxylic acids is 2. The third-order valence-corrected chi connectivity index (χ3v) is 3.43.